The molecule has 1 saturated heterocycles. The van der Waals surface area contributed by atoms with Gasteiger partial charge >= 0.3 is 17.9 Å². The summed E-state index contributed by atoms with van der Waals surface area (Å²) < 4.78 is 16.5. The van der Waals surface area contributed by atoms with Crippen LogP contribution in [-0.2, 0) is 28.6 Å². The number of carbonyl (C=O) groups is 3. The van der Waals surface area contributed by atoms with E-state index in [1.165, 1.54) is 0 Å². The molecule has 0 N–H and O–H groups in total. The third-order valence-corrected chi connectivity index (χ3v) is 4.98. The van der Waals surface area contributed by atoms with Crippen molar-refractivity contribution in [3.63, 3.8) is 0 Å². The molecule has 138 valence electrons. The van der Waals surface area contributed by atoms with E-state index in [-0.39, 0.29) is 18.1 Å². The van der Waals surface area contributed by atoms with Crippen molar-refractivity contribution in [3.05, 3.63) is 47.1 Å². The summed E-state index contributed by atoms with van der Waals surface area (Å²) in [6, 6.07) is 0. The number of allylic oxidation sites excluding steroid dienone is 1. The molecule has 26 heavy (non-hydrogen) atoms. The number of hydrogen-bond acceptors (Lipinski definition) is 6. The van der Waals surface area contributed by atoms with Crippen LogP contribution >= 0.6 is 0 Å². The molecule has 0 aromatic heterocycles. The van der Waals surface area contributed by atoms with Gasteiger partial charge in [0.15, 0.2) is 0 Å². The molecule has 0 aromatic rings. The van der Waals surface area contributed by atoms with Gasteiger partial charge in [0.1, 0.15) is 18.3 Å². The van der Waals surface area contributed by atoms with Crippen LogP contribution in [0.15, 0.2) is 47.1 Å². The maximum absolute atomic E-state index is 12.3. The Kier molecular flexibility index (Phi) is 4.85. The van der Waals surface area contributed by atoms with Gasteiger partial charge in [-0.25, -0.2) is 14.4 Å². The molecule has 6 nitrogen and oxygen atoms in total. The zero-order valence-electron chi connectivity index (χ0n) is 15.1. The van der Waals surface area contributed by atoms with Gasteiger partial charge < -0.3 is 14.2 Å². The second-order valence-electron chi connectivity index (χ2n) is 6.89. The van der Waals surface area contributed by atoms with E-state index in [2.05, 4.69) is 6.58 Å². The summed E-state index contributed by atoms with van der Waals surface area (Å²) in [5.41, 5.74) is 2.07. The predicted molar refractivity (Wildman–Crippen MR) is 92.8 cm³/mol. The lowest BCUT2D eigenvalue weighted by molar-refractivity contribution is -0.148. The van der Waals surface area contributed by atoms with Gasteiger partial charge in [-0.05, 0) is 32.9 Å². The van der Waals surface area contributed by atoms with E-state index >= 15 is 0 Å². The van der Waals surface area contributed by atoms with Crippen molar-refractivity contribution in [3.8, 4) is 0 Å². The van der Waals surface area contributed by atoms with Crippen LogP contribution in [0.4, 0.5) is 0 Å². The molecule has 2 aliphatic heterocycles. The Morgan fingerprint density at radius 2 is 1.96 bits per heavy atom. The Labute approximate surface area is 152 Å². The molecule has 2 heterocycles. The first-order valence-corrected chi connectivity index (χ1v) is 8.62. The molecule has 0 spiro atoms. The number of carbonyl (C=O) groups excluding carboxylic acids is 3. The predicted octanol–water partition coefficient (Wildman–Crippen LogP) is 2.55. The number of hydrogen-bond donors (Lipinski definition) is 0. The van der Waals surface area contributed by atoms with Crippen LogP contribution in [0.5, 0.6) is 0 Å². The van der Waals surface area contributed by atoms with Gasteiger partial charge in [-0.2, -0.15) is 0 Å². The lowest BCUT2D eigenvalue weighted by atomic mass is 9.85. The van der Waals surface area contributed by atoms with Gasteiger partial charge in [0.25, 0.3) is 0 Å². The molecule has 4 atom stereocenters. The molecule has 3 aliphatic rings. The standard InChI is InChI=1S/C20H22O6/c1-5-11(3)18(21)25-16-9-13-8-14(24-20(13)23)6-10(2)7-15-17(16)12(4)19(22)26-15/h5,7-8,14-17H,4,6,9H2,1-3H3/b10-7-,11-5?/t14-,15+,16-,17-/m0/s1. The molecule has 2 bridgehead atoms. The van der Waals surface area contributed by atoms with Crippen molar-refractivity contribution in [2.45, 2.75) is 51.9 Å². The molecule has 1 fully saturated rings. The van der Waals surface area contributed by atoms with Gasteiger partial charge in [0, 0.05) is 29.6 Å². The number of ether oxygens (including phenoxy) is 3. The minimum atomic E-state index is -0.749. The molecule has 0 aromatic carbocycles. The van der Waals surface area contributed by atoms with Crippen LogP contribution in [0.3, 0.4) is 0 Å². The summed E-state index contributed by atoms with van der Waals surface area (Å²) in [7, 11) is 0. The highest BCUT2D eigenvalue weighted by molar-refractivity contribution is 5.93. The maximum atomic E-state index is 12.3. The van der Waals surface area contributed by atoms with Crippen molar-refractivity contribution in [1.29, 1.82) is 0 Å². The molecular formula is C20H22O6. The maximum Gasteiger partial charge on any atom is 0.334 e. The normalized spacial score (nSPS) is 33.5. The summed E-state index contributed by atoms with van der Waals surface area (Å²) >= 11 is 0. The van der Waals surface area contributed by atoms with Gasteiger partial charge in [-0.3, -0.25) is 0 Å². The smallest absolute Gasteiger partial charge is 0.334 e. The highest BCUT2D eigenvalue weighted by Gasteiger charge is 2.46. The highest BCUT2D eigenvalue weighted by Crippen LogP contribution is 2.38. The van der Waals surface area contributed by atoms with Crippen molar-refractivity contribution in [2.75, 3.05) is 0 Å². The molecule has 0 radical (unpaired) electrons. The van der Waals surface area contributed by atoms with E-state index in [9.17, 15) is 14.4 Å². The molecule has 6 heteroatoms. The van der Waals surface area contributed by atoms with Gasteiger partial charge in [-0.15, -0.1) is 0 Å². The van der Waals surface area contributed by atoms with Crippen LogP contribution in [0.25, 0.3) is 0 Å². The van der Waals surface area contributed by atoms with Crippen molar-refractivity contribution >= 4 is 17.9 Å². The van der Waals surface area contributed by atoms with Crippen LogP contribution in [0.2, 0.25) is 0 Å². The second-order valence-corrected chi connectivity index (χ2v) is 6.89. The first kappa shape index (κ1) is 18.2. The van der Waals surface area contributed by atoms with E-state index < -0.39 is 36.0 Å². The van der Waals surface area contributed by atoms with E-state index in [4.69, 9.17) is 14.2 Å². The Morgan fingerprint density at radius 3 is 2.65 bits per heavy atom. The SMILES string of the molecule is C=C1C(=O)O[C@@H]2/C=C(/C)C[C@H]3C=C(C[C@H](OC(=O)C(C)=CC)[C@@H]12)C(=O)O3. The Bertz CT molecular complexity index is 769. The number of fused-ring (bicyclic) bond motifs is 2. The molecule has 0 unspecified atom stereocenters. The largest absolute Gasteiger partial charge is 0.458 e. The molecular weight excluding hydrogens is 336 g/mol. The zero-order valence-corrected chi connectivity index (χ0v) is 15.1. The lowest BCUT2D eigenvalue weighted by Crippen LogP contribution is -2.34. The van der Waals surface area contributed by atoms with E-state index in [1.54, 1.807) is 26.0 Å². The molecule has 0 amide bonds. The zero-order chi connectivity index (χ0) is 19.0. The minimum Gasteiger partial charge on any atom is -0.458 e. The Balaban J connectivity index is 2.00. The molecule has 0 saturated carbocycles. The van der Waals surface area contributed by atoms with Gasteiger partial charge in [0.05, 0.1) is 5.92 Å². The summed E-state index contributed by atoms with van der Waals surface area (Å²) in [6.45, 7) is 9.10. The average molecular weight is 358 g/mol. The van der Waals surface area contributed by atoms with Gasteiger partial charge in [-0.1, -0.05) is 18.2 Å². The first-order valence-electron chi connectivity index (χ1n) is 8.62. The van der Waals surface area contributed by atoms with E-state index in [0.717, 1.165) is 5.57 Å². The Morgan fingerprint density at radius 1 is 1.23 bits per heavy atom. The summed E-state index contributed by atoms with van der Waals surface area (Å²) in [4.78, 5) is 36.6. The number of rotatable bonds is 2. The average Bonchev–Trinajstić information content (AvgIpc) is 3.04. The van der Waals surface area contributed by atoms with Crippen molar-refractivity contribution in [1.82, 2.24) is 0 Å². The highest BCUT2D eigenvalue weighted by atomic mass is 16.6. The van der Waals surface area contributed by atoms with Crippen molar-refractivity contribution in [2.24, 2.45) is 5.92 Å². The van der Waals surface area contributed by atoms with E-state index in [0.29, 0.717) is 17.6 Å². The fraction of sp³-hybridized carbons (Fsp3) is 0.450. The molecule has 3 rings (SSSR count). The van der Waals surface area contributed by atoms with Crippen LogP contribution < -0.4 is 0 Å². The summed E-state index contributed by atoms with van der Waals surface area (Å²) in [6.07, 6.45) is 4.26. The van der Waals surface area contributed by atoms with Crippen LogP contribution in [0.1, 0.15) is 33.6 Å². The lowest BCUT2D eigenvalue weighted by Gasteiger charge is -2.26. The monoisotopic (exact) mass is 358 g/mol. The van der Waals surface area contributed by atoms with Crippen LogP contribution in [-0.4, -0.2) is 36.2 Å². The summed E-state index contributed by atoms with van der Waals surface area (Å²) in [5.74, 6) is -1.96. The first-order chi connectivity index (χ1) is 12.3. The molecule has 1 aliphatic carbocycles. The fourth-order valence-electron chi connectivity index (χ4n) is 3.44. The van der Waals surface area contributed by atoms with E-state index in [1.807, 2.05) is 13.0 Å². The second kappa shape index (κ2) is 6.94. The Hall–Kier alpha value is -2.63. The topological polar surface area (TPSA) is 78.9 Å². The third kappa shape index (κ3) is 3.36. The number of esters is 3. The van der Waals surface area contributed by atoms with Crippen LogP contribution in [0, 0.1) is 5.92 Å². The minimum absolute atomic E-state index is 0.155. The van der Waals surface area contributed by atoms with Gasteiger partial charge in [0.2, 0.25) is 0 Å². The summed E-state index contributed by atoms with van der Waals surface area (Å²) in [5, 5.41) is 0. The third-order valence-electron chi connectivity index (χ3n) is 4.98. The fourth-order valence-corrected chi connectivity index (χ4v) is 3.44. The van der Waals surface area contributed by atoms with Crippen molar-refractivity contribution < 1.29 is 28.6 Å². The quantitative estimate of drug-likeness (QED) is 0.327.